The van der Waals surface area contributed by atoms with Gasteiger partial charge in [-0.15, -0.1) is 0 Å². The largest absolute Gasteiger partial charge is 0.376 e. The molecule has 1 N–H and O–H groups in total. The summed E-state index contributed by atoms with van der Waals surface area (Å²) >= 11 is 0. The molecule has 24 heavy (non-hydrogen) atoms. The Labute approximate surface area is 143 Å². The third kappa shape index (κ3) is 3.24. The van der Waals surface area contributed by atoms with E-state index < -0.39 is 15.6 Å². The zero-order valence-electron chi connectivity index (χ0n) is 14.3. The predicted molar refractivity (Wildman–Crippen MR) is 94.7 cm³/mol. The maximum atomic E-state index is 12.6. The first-order valence-electron chi connectivity index (χ1n) is 8.04. The molecule has 0 radical (unpaired) electrons. The zero-order valence-corrected chi connectivity index (χ0v) is 15.1. The Balaban J connectivity index is 1.78. The number of hydrogen-bond acceptors (Lipinski definition) is 3. The molecular weight excluding hydrogens is 322 g/mol. The highest BCUT2D eigenvalue weighted by molar-refractivity contribution is 7.89. The Morgan fingerprint density at radius 1 is 1.04 bits per heavy atom. The molecule has 2 aromatic carbocycles. The second-order valence-electron chi connectivity index (χ2n) is 6.58. The number of aryl methyl sites for hydroxylation is 2. The Hall–Kier alpha value is -1.69. The van der Waals surface area contributed by atoms with Crippen molar-refractivity contribution in [1.82, 2.24) is 4.72 Å². The van der Waals surface area contributed by atoms with E-state index >= 15 is 0 Å². The van der Waals surface area contributed by atoms with Crippen molar-refractivity contribution in [2.24, 2.45) is 0 Å². The van der Waals surface area contributed by atoms with Crippen molar-refractivity contribution in [2.75, 3.05) is 13.7 Å². The number of methoxy groups -OCH3 is 1. The lowest BCUT2D eigenvalue weighted by Crippen LogP contribution is -2.45. The average Bonchev–Trinajstić information content (AvgIpc) is 2.95. The standard InChI is InChI=1S/C19H23NO3S/c1-14-8-9-18(10-15(14)2)24(21,22)20-13-19(23-3)11-16-6-4-5-7-17(16)12-19/h4-10,20H,11-13H2,1-3H3. The minimum absolute atomic E-state index is 0.257. The topological polar surface area (TPSA) is 55.4 Å². The molecular formula is C19H23NO3S. The smallest absolute Gasteiger partial charge is 0.240 e. The van der Waals surface area contributed by atoms with E-state index in [0.717, 1.165) is 24.0 Å². The number of rotatable bonds is 5. The Bertz CT molecular complexity index is 834. The fourth-order valence-electron chi connectivity index (χ4n) is 3.19. The molecule has 0 saturated carbocycles. The first kappa shape index (κ1) is 17.1. The SMILES string of the molecule is COC1(CNS(=O)(=O)c2ccc(C)c(C)c2)Cc2ccccc2C1. The second kappa shape index (κ2) is 6.31. The van der Waals surface area contributed by atoms with Gasteiger partial charge in [-0.25, -0.2) is 13.1 Å². The van der Waals surface area contributed by atoms with Crippen molar-refractivity contribution in [3.8, 4) is 0 Å². The van der Waals surface area contributed by atoms with Crippen molar-refractivity contribution in [2.45, 2.75) is 37.2 Å². The van der Waals surface area contributed by atoms with E-state index in [0.29, 0.717) is 4.90 Å². The summed E-state index contributed by atoms with van der Waals surface area (Å²) in [6.45, 7) is 4.14. The summed E-state index contributed by atoms with van der Waals surface area (Å²) in [4.78, 5) is 0.298. The molecule has 5 heteroatoms. The van der Waals surface area contributed by atoms with Crippen molar-refractivity contribution in [1.29, 1.82) is 0 Å². The van der Waals surface area contributed by atoms with Gasteiger partial charge in [-0.05, 0) is 48.2 Å². The lowest BCUT2D eigenvalue weighted by atomic mass is 10.0. The summed E-state index contributed by atoms with van der Waals surface area (Å²) in [7, 11) is -1.90. The number of ether oxygens (including phenoxy) is 1. The summed E-state index contributed by atoms with van der Waals surface area (Å²) < 4.78 is 33.7. The van der Waals surface area contributed by atoms with Crippen molar-refractivity contribution >= 4 is 10.0 Å². The number of nitrogens with one attached hydrogen (secondary N) is 1. The van der Waals surface area contributed by atoms with Crippen LogP contribution in [0.2, 0.25) is 0 Å². The molecule has 0 aliphatic heterocycles. The van der Waals surface area contributed by atoms with Crippen LogP contribution in [-0.2, 0) is 27.6 Å². The highest BCUT2D eigenvalue weighted by Crippen LogP contribution is 2.32. The van der Waals surface area contributed by atoms with Crippen LogP contribution in [-0.4, -0.2) is 27.7 Å². The molecule has 0 saturated heterocycles. The molecule has 0 amide bonds. The van der Waals surface area contributed by atoms with Crippen LogP contribution in [0.3, 0.4) is 0 Å². The number of sulfonamides is 1. The Kier molecular flexibility index (Phi) is 4.51. The van der Waals surface area contributed by atoms with E-state index in [1.165, 1.54) is 11.1 Å². The number of benzene rings is 2. The van der Waals surface area contributed by atoms with Gasteiger partial charge in [0.25, 0.3) is 0 Å². The molecule has 0 heterocycles. The van der Waals surface area contributed by atoms with Crippen molar-refractivity contribution in [3.05, 3.63) is 64.7 Å². The van der Waals surface area contributed by atoms with Crippen molar-refractivity contribution in [3.63, 3.8) is 0 Å². The molecule has 0 fully saturated rings. The zero-order chi connectivity index (χ0) is 17.4. The third-order valence-corrected chi connectivity index (χ3v) is 6.35. The van der Waals surface area contributed by atoms with Gasteiger partial charge in [0.2, 0.25) is 10.0 Å². The third-order valence-electron chi connectivity index (χ3n) is 4.95. The van der Waals surface area contributed by atoms with Crippen LogP contribution in [0.25, 0.3) is 0 Å². The molecule has 2 aromatic rings. The molecule has 3 rings (SSSR count). The predicted octanol–water partition coefficient (Wildman–Crippen LogP) is 2.77. The van der Waals surface area contributed by atoms with Crippen LogP contribution >= 0.6 is 0 Å². The van der Waals surface area contributed by atoms with Gasteiger partial charge in [0.1, 0.15) is 0 Å². The van der Waals surface area contributed by atoms with Gasteiger partial charge in [0, 0.05) is 26.5 Å². The summed E-state index contributed by atoms with van der Waals surface area (Å²) in [6, 6.07) is 13.4. The van der Waals surface area contributed by atoms with E-state index in [9.17, 15) is 8.42 Å². The van der Waals surface area contributed by atoms with Crippen LogP contribution in [0.15, 0.2) is 47.4 Å². The average molecular weight is 345 g/mol. The molecule has 4 nitrogen and oxygen atoms in total. The minimum atomic E-state index is -3.55. The molecule has 0 spiro atoms. The van der Waals surface area contributed by atoms with E-state index in [2.05, 4.69) is 16.9 Å². The Morgan fingerprint density at radius 2 is 1.67 bits per heavy atom. The quantitative estimate of drug-likeness (QED) is 0.906. The second-order valence-corrected chi connectivity index (χ2v) is 8.35. The van der Waals surface area contributed by atoms with Crippen LogP contribution in [0, 0.1) is 13.8 Å². The van der Waals surface area contributed by atoms with Gasteiger partial charge in [-0.3, -0.25) is 0 Å². The van der Waals surface area contributed by atoms with E-state index in [1.54, 1.807) is 19.2 Å². The van der Waals surface area contributed by atoms with E-state index in [-0.39, 0.29) is 6.54 Å². The highest BCUT2D eigenvalue weighted by Gasteiger charge is 2.38. The van der Waals surface area contributed by atoms with Crippen molar-refractivity contribution < 1.29 is 13.2 Å². The Morgan fingerprint density at radius 3 is 2.21 bits per heavy atom. The van der Waals surface area contributed by atoms with Crippen LogP contribution in [0.5, 0.6) is 0 Å². The summed E-state index contributed by atoms with van der Waals surface area (Å²) in [5.41, 5.74) is 3.98. The van der Waals surface area contributed by atoms with Crippen LogP contribution in [0.4, 0.5) is 0 Å². The summed E-state index contributed by atoms with van der Waals surface area (Å²) in [6.07, 6.45) is 1.43. The molecule has 128 valence electrons. The lowest BCUT2D eigenvalue weighted by Gasteiger charge is -2.27. The first-order valence-corrected chi connectivity index (χ1v) is 9.52. The highest BCUT2D eigenvalue weighted by atomic mass is 32.2. The van der Waals surface area contributed by atoms with Gasteiger partial charge in [-0.2, -0.15) is 0 Å². The van der Waals surface area contributed by atoms with Crippen LogP contribution in [0.1, 0.15) is 22.3 Å². The van der Waals surface area contributed by atoms with Gasteiger partial charge in [-0.1, -0.05) is 30.3 Å². The van der Waals surface area contributed by atoms with Gasteiger partial charge in [0.15, 0.2) is 0 Å². The van der Waals surface area contributed by atoms with Gasteiger partial charge in [0.05, 0.1) is 10.5 Å². The number of fused-ring (bicyclic) bond motifs is 1. The normalized spacial score (nSPS) is 16.1. The fourth-order valence-corrected chi connectivity index (χ4v) is 4.39. The molecule has 1 aliphatic carbocycles. The monoisotopic (exact) mass is 345 g/mol. The molecule has 0 atom stereocenters. The number of hydrogen-bond donors (Lipinski definition) is 1. The lowest BCUT2D eigenvalue weighted by molar-refractivity contribution is 0.00378. The maximum Gasteiger partial charge on any atom is 0.240 e. The molecule has 0 unspecified atom stereocenters. The molecule has 0 bridgehead atoms. The van der Waals surface area contributed by atoms with E-state index in [4.69, 9.17) is 4.74 Å². The fraction of sp³-hybridized carbons (Fsp3) is 0.368. The summed E-state index contributed by atoms with van der Waals surface area (Å²) in [5, 5.41) is 0. The van der Waals surface area contributed by atoms with Crippen LogP contribution < -0.4 is 4.72 Å². The van der Waals surface area contributed by atoms with E-state index in [1.807, 2.05) is 32.0 Å². The molecule has 0 aromatic heterocycles. The first-order chi connectivity index (χ1) is 11.4. The van der Waals surface area contributed by atoms with Gasteiger partial charge < -0.3 is 4.74 Å². The maximum absolute atomic E-state index is 12.6. The summed E-state index contributed by atoms with van der Waals surface area (Å²) in [5.74, 6) is 0. The van der Waals surface area contributed by atoms with Gasteiger partial charge >= 0.3 is 0 Å². The minimum Gasteiger partial charge on any atom is -0.376 e. The molecule has 1 aliphatic rings.